The molecule has 2 heterocycles. The molecule has 1 fully saturated rings. The molecule has 0 aliphatic carbocycles. The molecule has 1 unspecified atom stereocenters. The van der Waals surface area contributed by atoms with Crippen LogP contribution in [0.25, 0.3) is 28.0 Å². The van der Waals surface area contributed by atoms with Crippen molar-refractivity contribution in [2.45, 2.75) is 5.37 Å². The molecule has 39 heavy (non-hydrogen) atoms. The summed E-state index contributed by atoms with van der Waals surface area (Å²) in [5.74, 6) is 0.143. The second-order valence-corrected chi connectivity index (χ2v) is 10.4. The zero-order valence-electron chi connectivity index (χ0n) is 20.5. The first-order valence-electron chi connectivity index (χ1n) is 12.2. The monoisotopic (exact) mass is 552 g/mol. The molecule has 4 aromatic carbocycles. The van der Waals surface area contributed by atoms with Crippen LogP contribution < -0.4 is 11.0 Å². The fourth-order valence-electron chi connectivity index (χ4n) is 4.51. The van der Waals surface area contributed by atoms with Gasteiger partial charge in [0.05, 0.1) is 22.3 Å². The van der Waals surface area contributed by atoms with Crippen LogP contribution in [0.1, 0.15) is 21.3 Å². The highest BCUT2D eigenvalue weighted by Gasteiger charge is 2.34. The van der Waals surface area contributed by atoms with Gasteiger partial charge >= 0.3 is 0 Å². The van der Waals surface area contributed by atoms with Crippen molar-refractivity contribution in [3.05, 3.63) is 130 Å². The highest BCUT2D eigenvalue weighted by molar-refractivity contribution is 8.00. The van der Waals surface area contributed by atoms with Crippen LogP contribution in [0.15, 0.2) is 108 Å². The van der Waals surface area contributed by atoms with E-state index in [0.29, 0.717) is 33.0 Å². The second kappa shape index (κ2) is 10.4. The minimum atomic E-state index is -0.427. The summed E-state index contributed by atoms with van der Waals surface area (Å²) in [6.07, 6.45) is 0. The first-order chi connectivity index (χ1) is 19.0. The van der Waals surface area contributed by atoms with Gasteiger partial charge in [-0.15, -0.1) is 11.8 Å². The average Bonchev–Trinajstić information content (AvgIpc) is 3.33. The predicted octanol–water partition coefficient (Wildman–Crippen LogP) is 5.63. The number of thioether (sulfide) groups is 1. The smallest absolute Gasteiger partial charge is 0.269 e. The Hall–Kier alpha value is -4.40. The minimum absolute atomic E-state index is 0.189. The molecule has 1 saturated heterocycles. The Morgan fingerprint density at radius 1 is 0.872 bits per heavy atom. The van der Waals surface area contributed by atoms with Crippen LogP contribution in [0.5, 0.6) is 0 Å². The predicted molar refractivity (Wildman–Crippen MR) is 154 cm³/mol. The third-order valence-electron chi connectivity index (χ3n) is 6.44. The molecule has 1 aliphatic heterocycles. The highest BCUT2D eigenvalue weighted by Crippen LogP contribution is 2.37. The van der Waals surface area contributed by atoms with Crippen molar-refractivity contribution in [1.29, 1.82) is 0 Å². The van der Waals surface area contributed by atoms with Gasteiger partial charge in [0.1, 0.15) is 11.2 Å². The summed E-state index contributed by atoms with van der Waals surface area (Å²) in [6.45, 7) is 0. The van der Waals surface area contributed by atoms with E-state index < -0.39 is 5.91 Å². The van der Waals surface area contributed by atoms with E-state index in [0.717, 1.165) is 11.1 Å². The summed E-state index contributed by atoms with van der Waals surface area (Å²) in [7, 11) is 0. The van der Waals surface area contributed by atoms with Gasteiger partial charge in [-0.3, -0.25) is 24.4 Å². The van der Waals surface area contributed by atoms with Crippen molar-refractivity contribution in [1.82, 2.24) is 20.0 Å². The van der Waals surface area contributed by atoms with Crippen molar-refractivity contribution in [3.63, 3.8) is 0 Å². The summed E-state index contributed by atoms with van der Waals surface area (Å²) in [6, 6.07) is 30.6. The first-order valence-corrected chi connectivity index (χ1v) is 13.6. The number of fused-ring (bicyclic) bond motifs is 1. The van der Waals surface area contributed by atoms with Crippen molar-refractivity contribution < 1.29 is 9.59 Å². The number of rotatable bonds is 5. The summed E-state index contributed by atoms with van der Waals surface area (Å²) in [4.78, 5) is 44.1. The summed E-state index contributed by atoms with van der Waals surface area (Å²) in [5, 5.41) is 2.10. The van der Waals surface area contributed by atoms with Gasteiger partial charge in [0, 0.05) is 16.1 Å². The maximum Gasteiger partial charge on any atom is 0.269 e. The number of carbonyl (C=O) groups is 2. The lowest BCUT2D eigenvalue weighted by Gasteiger charge is -2.24. The van der Waals surface area contributed by atoms with Crippen molar-refractivity contribution in [2.75, 3.05) is 5.75 Å². The number of hydrogen-bond donors (Lipinski definition) is 1. The standard InChI is InChI=1S/C30H21ClN4O3S/c31-22-14-10-21(11-15-22)30-35(26(36)18-39-30)33-28(37)20-12-16-23(17-13-20)34-27(19-6-2-1-3-7-19)32-25-9-5-4-8-24(25)29(34)38/h1-17,30H,18H2,(H,33,37). The lowest BCUT2D eigenvalue weighted by Crippen LogP contribution is -2.44. The molecule has 2 amide bonds. The third kappa shape index (κ3) is 4.80. The molecule has 192 valence electrons. The summed E-state index contributed by atoms with van der Waals surface area (Å²) >= 11 is 7.44. The number of hydrazine groups is 1. The van der Waals surface area contributed by atoms with Crippen LogP contribution in [0.2, 0.25) is 5.02 Å². The first kappa shape index (κ1) is 24.9. The molecular weight excluding hydrogens is 532 g/mol. The Bertz CT molecular complexity index is 1760. The molecule has 6 rings (SSSR count). The minimum Gasteiger partial charge on any atom is -0.272 e. The molecule has 9 heteroatoms. The van der Waals surface area contributed by atoms with E-state index in [9.17, 15) is 14.4 Å². The van der Waals surface area contributed by atoms with E-state index in [1.54, 1.807) is 53.1 Å². The number of para-hydroxylation sites is 1. The number of benzene rings is 4. The van der Waals surface area contributed by atoms with E-state index in [1.165, 1.54) is 16.8 Å². The van der Waals surface area contributed by atoms with Crippen molar-refractivity contribution >= 4 is 46.1 Å². The van der Waals surface area contributed by atoms with Crippen LogP contribution >= 0.6 is 23.4 Å². The molecule has 0 radical (unpaired) electrons. The van der Waals surface area contributed by atoms with E-state index in [4.69, 9.17) is 16.6 Å². The highest BCUT2D eigenvalue weighted by atomic mass is 35.5. The van der Waals surface area contributed by atoms with Crippen molar-refractivity contribution in [3.8, 4) is 17.1 Å². The van der Waals surface area contributed by atoms with E-state index in [-0.39, 0.29) is 22.6 Å². The van der Waals surface area contributed by atoms with Gasteiger partial charge in [0.2, 0.25) is 0 Å². The number of halogens is 1. The number of aromatic nitrogens is 2. The van der Waals surface area contributed by atoms with Crippen LogP contribution in [-0.4, -0.2) is 32.1 Å². The Balaban J connectivity index is 1.32. The molecule has 1 N–H and O–H groups in total. The van der Waals surface area contributed by atoms with Gasteiger partial charge in [0.25, 0.3) is 17.4 Å². The van der Waals surface area contributed by atoms with Gasteiger partial charge in [0.15, 0.2) is 0 Å². The third-order valence-corrected chi connectivity index (χ3v) is 7.90. The molecule has 5 aromatic rings. The number of hydrogen-bond acceptors (Lipinski definition) is 5. The Morgan fingerprint density at radius 2 is 1.56 bits per heavy atom. The molecule has 0 bridgehead atoms. The Morgan fingerprint density at radius 3 is 2.31 bits per heavy atom. The molecular formula is C30H21ClN4O3S. The molecule has 0 spiro atoms. The summed E-state index contributed by atoms with van der Waals surface area (Å²) < 4.78 is 1.55. The van der Waals surface area contributed by atoms with E-state index >= 15 is 0 Å². The fourth-order valence-corrected chi connectivity index (χ4v) is 5.74. The molecule has 1 aliphatic rings. The second-order valence-electron chi connectivity index (χ2n) is 8.93. The molecule has 1 aromatic heterocycles. The number of amides is 2. The Kier molecular flexibility index (Phi) is 6.64. The van der Waals surface area contributed by atoms with Crippen LogP contribution in [-0.2, 0) is 4.79 Å². The van der Waals surface area contributed by atoms with Crippen LogP contribution in [0.3, 0.4) is 0 Å². The zero-order valence-corrected chi connectivity index (χ0v) is 22.0. The number of nitrogens with one attached hydrogen (secondary N) is 1. The zero-order chi connectivity index (χ0) is 26.9. The Labute approximate surface area is 233 Å². The fraction of sp³-hybridized carbons (Fsp3) is 0.0667. The van der Waals surface area contributed by atoms with Gasteiger partial charge in [-0.2, -0.15) is 0 Å². The molecule has 7 nitrogen and oxygen atoms in total. The van der Waals surface area contributed by atoms with E-state index in [1.807, 2.05) is 54.6 Å². The maximum atomic E-state index is 13.6. The average molecular weight is 553 g/mol. The van der Waals surface area contributed by atoms with E-state index in [2.05, 4.69) is 5.43 Å². The topological polar surface area (TPSA) is 84.3 Å². The van der Waals surface area contributed by atoms with Crippen LogP contribution in [0.4, 0.5) is 0 Å². The normalized spacial score (nSPS) is 15.1. The lowest BCUT2D eigenvalue weighted by molar-refractivity contribution is -0.130. The molecule has 0 saturated carbocycles. The number of nitrogens with zero attached hydrogens (tertiary/aromatic N) is 3. The quantitative estimate of drug-likeness (QED) is 0.306. The van der Waals surface area contributed by atoms with Crippen molar-refractivity contribution in [2.24, 2.45) is 0 Å². The SMILES string of the molecule is O=C(NN1C(=O)CSC1c1ccc(Cl)cc1)c1ccc(-n2c(-c3ccccc3)nc3ccccc3c2=O)cc1. The van der Waals surface area contributed by atoms with Crippen LogP contribution in [0, 0.1) is 0 Å². The van der Waals surface area contributed by atoms with Gasteiger partial charge in [-0.1, -0.05) is 66.2 Å². The van der Waals surface area contributed by atoms with Gasteiger partial charge < -0.3 is 0 Å². The van der Waals surface area contributed by atoms with Gasteiger partial charge in [-0.25, -0.2) is 9.99 Å². The number of carbonyl (C=O) groups excluding carboxylic acids is 2. The maximum absolute atomic E-state index is 13.6. The molecule has 1 atom stereocenters. The lowest BCUT2D eigenvalue weighted by atomic mass is 10.1. The largest absolute Gasteiger partial charge is 0.272 e. The van der Waals surface area contributed by atoms with Gasteiger partial charge in [-0.05, 0) is 54.1 Å². The summed E-state index contributed by atoms with van der Waals surface area (Å²) in [5.41, 5.74) is 5.73.